The number of sulfonamides is 1. The standard InChI is InChI=1S/C21H33N3O5S/c1-16(11-17-7-3-2-4-8-17)22-12-18-9-5-6-10-19(18)15-30(28,29)24-13-20(25)23-14-21(26)27/h5-6,9-10,16-17,22,24H,2-4,7-8,11-15H2,1H3,(H,23,25)(H,26,27). The van der Waals surface area contributed by atoms with Crippen LogP contribution in [0.2, 0.25) is 0 Å². The van der Waals surface area contributed by atoms with Gasteiger partial charge in [0.05, 0.1) is 12.3 Å². The van der Waals surface area contributed by atoms with Gasteiger partial charge in [0.2, 0.25) is 15.9 Å². The first-order valence-electron chi connectivity index (χ1n) is 10.5. The van der Waals surface area contributed by atoms with Crippen LogP contribution in [0.25, 0.3) is 0 Å². The molecular weight excluding hydrogens is 406 g/mol. The minimum Gasteiger partial charge on any atom is -0.480 e. The van der Waals surface area contributed by atoms with Gasteiger partial charge < -0.3 is 15.7 Å². The van der Waals surface area contributed by atoms with Gasteiger partial charge in [-0.05, 0) is 30.4 Å². The summed E-state index contributed by atoms with van der Waals surface area (Å²) < 4.78 is 27.0. The molecule has 1 unspecified atom stereocenters. The zero-order valence-electron chi connectivity index (χ0n) is 17.5. The van der Waals surface area contributed by atoms with Crippen molar-refractivity contribution in [1.82, 2.24) is 15.4 Å². The second-order valence-electron chi connectivity index (χ2n) is 8.04. The predicted molar refractivity (Wildman–Crippen MR) is 115 cm³/mol. The first-order chi connectivity index (χ1) is 14.2. The summed E-state index contributed by atoms with van der Waals surface area (Å²) in [5, 5.41) is 14.2. The molecule has 0 spiro atoms. The van der Waals surface area contributed by atoms with Crippen LogP contribution in [0.1, 0.15) is 56.6 Å². The summed E-state index contributed by atoms with van der Waals surface area (Å²) in [5.74, 6) is -1.35. The highest BCUT2D eigenvalue weighted by Crippen LogP contribution is 2.27. The number of benzene rings is 1. The first kappa shape index (κ1) is 24.3. The zero-order chi connectivity index (χ0) is 22.0. The molecule has 1 atom stereocenters. The highest BCUT2D eigenvalue weighted by Gasteiger charge is 2.18. The van der Waals surface area contributed by atoms with Gasteiger partial charge in [-0.15, -0.1) is 0 Å². The maximum absolute atomic E-state index is 12.4. The van der Waals surface area contributed by atoms with E-state index in [1.165, 1.54) is 32.1 Å². The summed E-state index contributed by atoms with van der Waals surface area (Å²) in [5.41, 5.74) is 1.59. The second kappa shape index (κ2) is 12.0. The van der Waals surface area contributed by atoms with Gasteiger partial charge in [0.1, 0.15) is 6.54 Å². The van der Waals surface area contributed by atoms with E-state index in [0.717, 1.165) is 17.9 Å². The third kappa shape index (κ3) is 9.23. The molecule has 0 aromatic heterocycles. The van der Waals surface area contributed by atoms with E-state index in [2.05, 4.69) is 22.3 Å². The summed E-state index contributed by atoms with van der Waals surface area (Å²) in [6.07, 6.45) is 7.71. The maximum Gasteiger partial charge on any atom is 0.322 e. The number of carboxylic acids is 1. The molecule has 9 heteroatoms. The third-order valence-corrected chi connectivity index (χ3v) is 6.68. The molecular formula is C21H33N3O5S. The number of rotatable bonds is 12. The lowest BCUT2D eigenvalue weighted by atomic mass is 9.85. The van der Waals surface area contributed by atoms with E-state index >= 15 is 0 Å². The van der Waals surface area contributed by atoms with Crippen LogP contribution in [0, 0.1) is 5.92 Å². The lowest BCUT2D eigenvalue weighted by molar-refractivity contribution is -0.137. The fourth-order valence-electron chi connectivity index (χ4n) is 3.83. The first-order valence-corrected chi connectivity index (χ1v) is 12.2. The summed E-state index contributed by atoms with van der Waals surface area (Å²) >= 11 is 0. The molecule has 1 saturated carbocycles. The molecule has 1 amide bonds. The molecule has 2 rings (SSSR count). The van der Waals surface area contributed by atoms with E-state index in [4.69, 9.17) is 5.11 Å². The Morgan fingerprint density at radius 2 is 1.77 bits per heavy atom. The van der Waals surface area contributed by atoms with E-state index in [0.29, 0.717) is 18.2 Å². The normalized spacial score (nSPS) is 16.2. The second-order valence-corrected chi connectivity index (χ2v) is 9.85. The average Bonchev–Trinajstić information content (AvgIpc) is 2.70. The lowest BCUT2D eigenvalue weighted by Gasteiger charge is -2.25. The topological polar surface area (TPSA) is 125 Å². The molecule has 4 N–H and O–H groups in total. The van der Waals surface area contributed by atoms with Gasteiger partial charge in [0, 0.05) is 12.6 Å². The molecule has 0 aliphatic heterocycles. The van der Waals surface area contributed by atoms with Crippen LogP contribution in [0.5, 0.6) is 0 Å². The van der Waals surface area contributed by atoms with Gasteiger partial charge in [-0.1, -0.05) is 56.4 Å². The van der Waals surface area contributed by atoms with Gasteiger partial charge in [0.25, 0.3) is 0 Å². The Hall–Kier alpha value is -1.97. The maximum atomic E-state index is 12.4. The molecule has 1 aliphatic rings. The van der Waals surface area contributed by atoms with Gasteiger partial charge in [0.15, 0.2) is 0 Å². The number of carbonyl (C=O) groups excluding carboxylic acids is 1. The molecule has 30 heavy (non-hydrogen) atoms. The van der Waals surface area contributed by atoms with Crippen molar-refractivity contribution in [3.63, 3.8) is 0 Å². The smallest absolute Gasteiger partial charge is 0.322 e. The van der Waals surface area contributed by atoms with Crippen molar-refractivity contribution in [2.24, 2.45) is 5.92 Å². The zero-order valence-corrected chi connectivity index (χ0v) is 18.3. The Bertz CT molecular complexity index is 807. The number of hydrogen-bond acceptors (Lipinski definition) is 5. The number of carbonyl (C=O) groups is 2. The molecule has 1 aromatic rings. The fraction of sp³-hybridized carbons (Fsp3) is 0.619. The molecule has 1 aliphatic carbocycles. The molecule has 0 radical (unpaired) electrons. The minimum atomic E-state index is -3.74. The van der Waals surface area contributed by atoms with E-state index in [1.807, 2.05) is 12.1 Å². The quantitative estimate of drug-likeness (QED) is 0.393. The van der Waals surface area contributed by atoms with Crippen molar-refractivity contribution in [2.45, 2.75) is 63.8 Å². The highest BCUT2D eigenvalue weighted by atomic mass is 32.2. The molecule has 0 bridgehead atoms. The van der Waals surface area contributed by atoms with Crippen LogP contribution in [0.4, 0.5) is 0 Å². The van der Waals surface area contributed by atoms with E-state index in [1.54, 1.807) is 12.1 Å². The van der Waals surface area contributed by atoms with Crippen LogP contribution in [-0.2, 0) is 31.9 Å². The summed E-state index contributed by atoms with van der Waals surface area (Å²) in [7, 11) is -3.74. The van der Waals surface area contributed by atoms with E-state index in [9.17, 15) is 18.0 Å². The van der Waals surface area contributed by atoms with Crippen molar-refractivity contribution in [1.29, 1.82) is 0 Å². The minimum absolute atomic E-state index is 0.242. The van der Waals surface area contributed by atoms with Crippen LogP contribution >= 0.6 is 0 Å². The number of amides is 1. The Morgan fingerprint density at radius 3 is 2.43 bits per heavy atom. The summed E-state index contributed by atoms with van der Waals surface area (Å²) in [4.78, 5) is 22.0. The van der Waals surface area contributed by atoms with Crippen LogP contribution in [0.15, 0.2) is 24.3 Å². The molecule has 0 heterocycles. The third-order valence-electron chi connectivity index (χ3n) is 5.41. The lowest BCUT2D eigenvalue weighted by Crippen LogP contribution is -2.39. The van der Waals surface area contributed by atoms with Crippen molar-refractivity contribution >= 4 is 21.9 Å². The Labute approximate surface area is 178 Å². The van der Waals surface area contributed by atoms with Crippen molar-refractivity contribution in [3.05, 3.63) is 35.4 Å². The molecule has 1 aromatic carbocycles. The number of aliphatic carboxylic acids is 1. The fourth-order valence-corrected chi connectivity index (χ4v) is 4.97. The predicted octanol–water partition coefficient (Wildman–Crippen LogP) is 1.76. The average molecular weight is 440 g/mol. The van der Waals surface area contributed by atoms with Crippen LogP contribution < -0.4 is 15.4 Å². The Balaban J connectivity index is 1.85. The van der Waals surface area contributed by atoms with Crippen LogP contribution in [0.3, 0.4) is 0 Å². The molecule has 168 valence electrons. The largest absolute Gasteiger partial charge is 0.480 e. The van der Waals surface area contributed by atoms with Gasteiger partial charge in [-0.3, -0.25) is 9.59 Å². The Morgan fingerprint density at radius 1 is 1.10 bits per heavy atom. The summed E-state index contributed by atoms with van der Waals surface area (Å²) in [6, 6.07) is 7.70. The highest BCUT2D eigenvalue weighted by molar-refractivity contribution is 7.88. The van der Waals surface area contributed by atoms with E-state index < -0.39 is 35.0 Å². The van der Waals surface area contributed by atoms with Crippen LogP contribution in [-0.4, -0.2) is 44.5 Å². The van der Waals surface area contributed by atoms with Crippen molar-refractivity contribution in [3.8, 4) is 0 Å². The van der Waals surface area contributed by atoms with Crippen molar-refractivity contribution in [2.75, 3.05) is 13.1 Å². The van der Waals surface area contributed by atoms with Gasteiger partial charge in [-0.2, -0.15) is 0 Å². The summed E-state index contributed by atoms with van der Waals surface area (Å²) in [6.45, 7) is 1.71. The monoisotopic (exact) mass is 439 g/mol. The number of nitrogens with one attached hydrogen (secondary N) is 3. The Kier molecular flexibility index (Phi) is 9.74. The van der Waals surface area contributed by atoms with Gasteiger partial charge in [-0.25, -0.2) is 13.1 Å². The van der Waals surface area contributed by atoms with Crippen molar-refractivity contribution < 1.29 is 23.1 Å². The molecule has 0 saturated heterocycles. The molecule has 8 nitrogen and oxygen atoms in total. The molecule has 1 fully saturated rings. The number of carboxylic acid groups (broad SMARTS) is 1. The SMILES string of the molecule is CC(CC1CCCCC1)NCc1ccccc1CS(=O)(=O)NCC(=O)NCC(=O)O. The number of hydrogen-bond donors (Lipinski definition) is 4. The van der Waals surface area contributed by atoms with Gasteiger partial charge >= 0.3 is 5.97 Å². The van der Waals surface area contributed by atoms with E-state index in [-0.39, 0.29) is 5.75 Å².